The Bertz CT molecular complexity index is 756. The third kappa shape index (κ3) is 2.50. The quantitative estimate of drug-likeness (QED) is 0.899. The van der Waals surface area contributed by atoms with Crippen LogP contribution in [0.25, 0.3) is 11.1 Å². The van der Waals surface area contributed by atoms with E-state index in [2.05, 4.69) is 5.32 Å². The van der Waals surface area contributed by atoms with Crippen LogP contribution in [-0.4, -0.2) is 13.2 Å². The largest absolute Gasteiger partial charge is 0.497 e. The minimum Gasteiger partial charge on any atom is -0.497 e. The maximum atomic E-state index is 13.7. The number of nitrogens with one attached hydrogen (secondary N) is 1. The highest BCUT2D eigenvalue weighted by Gasteiger charge is 2.33. The predicted octanol–water partition coefficient (Wildman–Crippen LogP) is 4.30. The molecule has 1 heterocycles. The highest BCUT2D eigenvalue weighted by atomic mass is 19.1. The molecule has 114 valence electrons. The molecule has 2 aromatic rings. The Morgan fingerprint density at radius 1 is 1.14 bits per heavy atom. The van der Waals surface area contributed by atoms with Gasteiger partial charge in [-0.2, -0.15) is 0 Å². The standard InChI is InChI=1S/C17H16FNO3/c1-17(2)14-8-10(4-5-15(14)19-16(20)22-17)11-6-12(18)9-13(7-11)21-3/h4-9H,1-3H3,(H,19,20). The molecule has 0 spiro atoms. The van der Waals surface area contributed by atoms with Crippen molar-refractivity contribution in [2.75, 3.05) is 12.4 Å². The summed E-state index contributed by atoms with van der Waals surface area (Å²) in [6, 6.07) is 10.1. The van der Waals surface area contributed by atoms with Gasteiger partial charge in [-0.1, -0.05) is 6.07 Å². The zero-order valence-electron chi connectivity index (χ0n) is 12.6. The van der Waals surface area contributed by atoms with Crippen LogP contribution in [-0.2, 0) is 10.3 Å². The minimum absolute atomic E-state index is 0.365. The van der Waals surface area contributed by atoms with Crippen LogP contribution in [0.15, 0.2) is 36.4 Å². The van der Waals surface area contributed by atoms with Crippen molar-refractivity contribution in [3.05, 3.63) is 47.8 Å². The number of rotatable bonds is 2. The summed E-state index contributed by atoms with van der Waals surface area (Å²) in [6.45, 7) is 3.64. The van der Waals surface area contributed by atoms with E-state index in [4.69, 9.17) is 9.47 Å². The van der Waals surface area contributed by atoms with Gasteiger partial charge in [0.25, 0.3) is 0 Å². The summed E-state index contributed by atoms with van der Waals surface area (Å²) in [5.74, 6) is 0.0902. The Kier molecular flexibility index (Phi) is 3.28. The summed E-state index contributed by atoms with van der Waals surface area (Å²) in [4.78, 5) is 11.5. The summed E-state index contributed by atoms with van der Waals surface area (Å²) in [5.41, 5.74) is 2.32. The normalized spacial score (nSPS) is 15.5. The number of carbonyl (C=O) groups excluding carboxylic acids is 1. The number of amides is 1. The second-order valence-electron chi connectivity index (χ2n) is 5.66. The summed E-state index contributed by atoms with van der Waals surface area (Å²) in [7, 11) is 1.50. The van der Waals surface area contributed by atoms with E-state index < -0.39 is 11.7 Å². The number of methoxy groups -OCH3 is 1. The number of anilines is 1. The molecule has 3 rings (SSSR count). The fraction of sp³-hybridized carbons (Fsp3) is 0.235. The van der Waals surface area contributed by atoms with Crippen LogP contribution in [0.5, 0.6) is 5.75 Å². The minimum atomic E-state index is -0.745. The van der Waals surface area contributed by atoms with Crippen molar-refractivity contribution in [1.29, 1.82) is 0 Å². The molecule has 0 saturated carbocycles. The van der Waals surface area contributed by atoms with Crippen molar-refractivity contribution in [3.8, 4) is 16.9 Å². The van der Waals surface area contributed by atoms with Gasteiger partial charge in [0.1, 0.15) is 17.2 Å². The van der Waals surface area contributed by atoms with Crippen LogP contribution >= 0.6 is 0 Å². The predicted molar refractivity (Wildman–Crippen MR) is 81.5 cm³/mol. The number of carbonyl (C=O) groups is 1. The number of fused-ring (bicyclic) bond motifs is 1. The third-order valence-electron chi connectivity index (χ3n) is 3.69. The van der Waals surface area contributed by atoms with Gasteiger partial charge in [0, 0.05) is 11.6 Å². The summed E-state index contributed by atoms with van der Waals surface area (Å²) >= 11 is 0. The van der Waals surface area contributed by atoms with Crippen LogP contribution in [0.1, 0.15) is 19.4 Å². The molecule has 2 aromatic carbocycles. The van der Waals surface area contributed by atoms with Crippen molar-refractivity contribution in [1.82, 2.24) is 0 Å². The van der Waals surface area contributed by atoms with E-state index in [9.17, 15) is 9.18 Å². The SMILES string of the molecule is COc1cc(F)cc(-c2ccc3c(c2)C(C)(C)OC(=O)N3)c1. The molecule has 4 nitrogen and oxygen atoms in total. The van der Waals surface area contributed by atoms with Crippen molar-refractivity contribution in [3.63, 3.8) is 0 Å². The summed E-state index contributed by atoms with van der Waals surface area (Å²) in [5, 5.41) is 2.67. The zero-order valence-corrected chi connectivity index (χ0v) is 12.6. The smallest absolute Gasteiger partial charge is 0.412 e. The van der Waals surface area contributed by atoms with Gasteiger partial charge < -0.3 is 9.47 Å². The zero-order chi connectivity index (χ0) is 15.9. The van der Waals surface area contributed by atoms with Crippen molar-refractivity contribution < 1.29 is 18.7 Å². The van der Waals surface area contributed by atoms with Crippen molar-refractivity contribution in [2.24, 2.45) is 0 Å². The molecule has 0 atom stereocenters. The molecule has 0 aliphatic carbocycles. The lowest BCUT2D eigenvalue weighted by Crippen LogP contribution is -2.34. The highest BCUT2D eigenvalue weighted by molar-refractivity contribution is 5.89. The molecule has 5 heteroatoms. The van der Waals surface area contributed by atoms with Gasteiger partial charge in [0.05, 0.1) is 12.8 Å². The van der Waals surface area contributed by atoms with E-state index in [1.165, 1.54) is 19.2 Å². The molecule has 0 radical (unpaired) electrons. The highest BCUT2D eigenvalue weighted by Crippen LogP contribution is 2.38. The van der Waals surface area contributed by atoms with E-state index >= 15 is 0 Å². The lowest BCUT2D eigenvalue weighted by atomic mass is 9.91. The third-order valence-corrected chi connectivity index (χ3v) is 3.69. The molecule has 22 heavy (non-hydrogen) atoms. The lowest BCUT2D eigenvalue weighted by Gasteiger charge is -2.32. The maximum absolute atomic E-state index is 13.7. The van der Waals surface area contributed by atoms with Gasteiger partial charge in [-0.15, -0.1) is 0 Å². The van der Waals surface area contributed by atoms with Crippen LogP contribution in [0.2, 0.25) is 0 Å². The monoisotopic (exact) mass is 301 g/mol. The van der Waals surface area contributed by atoms with Crippen molar-refractivity contribution in [2.45, 2.75) is 19.4 Å². The molecule has 0 saturated heterocycles. The first kappa shape index (κ1) is 14.4. The van der Waals surface area contributed by atoms with Gasteiger partial charge in [-0.25, -0.2) is 9.18 Å². The average molecular weight is 301 g/mol. The summed E-state index contributed by atoms with van der Waals surface area (Å²) in [6.07, 6.45) is -0.474. The fourth-order valence-electron chi connectivity index (χ4n) is 2.60. The topological polar surface area (TPSA) is 47.6 Å². The average Bonchev–Trinajstić information content (AvgIpc) is 2.45. The van der Waals surface area contributed by atoms with E-state index in [0.717, 1.165) is 11.1 Å². The first-order chi connectivity index (χ1) is 10.4. The maximum Gasteiger partial charge on any atom is 0.412 e. The fourth-order valence-corrected chi connectivity index (χ4v) is 2.60. The molecule has 0 aromatic heterocycles. The molecule has 1 aliphatic heterocycles. The summed E-state index contributed by atoms with van der Waals surface area (Å²) < 4.78 is 24.1. The number of benzene rings is 2. The van der Waals surface area contributed by atoms with Crippen molar-refractivity contribution >= 4 is 11.8 Å². The molecule has 1 aliphatic rings. The van der Waals surface area contributed by atoms with Gasteiger partial charge >= 0.3 is 6.09 Å². The number of cyclic esters (lactones) is 1. The molecule has 0 unspecified atom stereocenters. The van der Waals surface area contributed by atoms with Gasteiger partial charge in [0.15, 0.2) is 0 Å². The van der Waals surface area contributed by atoms with Gasteiger partial charge in [0.2, 0.25) is 0 Å². The van der Waals surface area contributed by atoms with Gasteiger partial charge in [-0.05, 0) is 49.2 Å². The van der Waals surface area contributed by atoms with E-state index in [-0.39, 0.29) is 5.82 Å². The molecule has 0 bridgehead atoms. The second-order valence-corrected chi connectivity index (χ2v) is 5.66. The Balaban J connectivity index is 2.11. The molecule has 0 fully saturated rings. The Morgan fingerprint density at radius 3 is 2.64 bits per heavy atom. The first-order valence-electron chi connectivity index (χ1n) is 6.88. The Labute approximate surface area is 127 Å². The van der Waals surface area contributed by atoms with E-state index in [1.807, 2.05) is 26.0 Å². The number of halogens is 1. The van der Waals surface area contributed by atoms with Crippen LogP contribution in [0, 0.1) is 5.82 Å². The lowest BCUT2D eigenvalue weighted by molar-refractivity contribution is 0.0421. The molecular formula is C17H16FNO3. The Hall–Kier alpha value is -2.56. The van der Waals surface area contributed by atoms with Crippen LogP contribution in [0.3, 0.4) is 0 Å². The molecule has 1 amide bonds. The number of hydrogen-bond donors (Lipinski definition) is 1. The molecule has 1 N–H and O–H groups in total. The van der Waals surface area contributed by atoms with Gasteiger partial charge in [-0.3, -0.25) is 5.32 Å². The first-order valence-corrected chi connectivity index (χ1v) is 6.88. The number of hydrogen-bond acceptors (Lipinski definition) is 3. The van der Waals surface area contributed by atoms with Crippen LogP contribution in [0.4, 0.5) is 14.9 Å². The Morgan fingerprint density at radius 2 is 1.91 bits per heavy atom. The second kappa shape index (κ2) is 5.02. The van der Waals surface area contributed by atoms with E-state index in [0.29, 0.717) is 17.0 Å². The molecular weight excluding hydrogens is 285 g/mol. The van der Waals surface area contributed by atoms with Crippen LogP contribution < -0.4 is 10.1 Å². The number of ether oxygens (including phenoxy) is 2. The van der Waals surface area contributed by atoms with E-state index in [1.54, 1.807) is 12.1 Å².